The molecule has 0 aliphatic rings. The lowest BCUT2D eigenvalue weighted by molar-refractivity contribution is -0.869. The topological polar surface area (TPSA) is 17.1 Å². The molecule has 0 heterocycles. The number of nitrogens with zero attached hydrogens (tertiary/aromatic N) is 1. The number of carbonyl (C=O) groups is 1. The molecule has 0 fully saturated rings. The lowest BCUT2D eigenvalue weighted by Crippen LogP contribution is -2.36. The molecule has 1 aromatic rings. The molecule has 2 nitrogen and oxygen atoms in total. The van der Waals surface area contributed by atoms with Crippen LogP contribution in [-0.4, -0.2) is 38.0 Å². The van der Waals surface area contributed by atoms with E-state index in [-0.39, 0.29) is 5.78 Å². The molecule has 0 unspecified atom stereocenters. The van der Waals surface area contributed by atoms with E-state index in [4.69, 9.17) is 0 Å². The summed E-state index contributed by atoms with van der Waals surface area (Å²) in [5, 5.41) is 0. The van der Waals surface area contributed by atoms with Crippen LogP contribution in [0.1, 0.15) is 12.0 Å². The molecule has 0 radical (unpaired) electrons. The van der Waals surface area contributed by atoms with E-state index in [1.165, 1.54) is 0 Å². The molecule has 0 N–H and O–H groups in total. The summed E-state index contributed by atoms with van der Waals surface area (Å²) in [5.41, 5.74) is 1.07. The van der Waals surface area contributed by atoms with Gasteiger partial charge in [-0.25, -0.2) is 0 Å². The van der Waals surface area contributed by atoms with Crippen molar-refractivity contribution in [3.63, 3.8) is 0 Å². The maximum Gasteiger partial charge on any atom is 0.161 e. The van der Waals surface area contributed by atoms with Crippen LogP contribution in [0.5, 0.6) is 0 Å². The number of carbonyl (C=O) groups excluding carboxylic acids is 1. The molecule has 2 heteroatoms. The van der Waals surface area contributed by atoms with Gasteiger partial charge in [-0.3, -0.25) is 4.79 Å². The standard InChI is InChI=1S/C14H20NO/c1-15(2,3)12-11-14(16)10-9-13-7-5-4-6-8-13/h4-10H,11-12H2,1-3H3/q+1. The maximum atomic E-state index is 11.6. The summed E-state index contributed by atoms with van der Waals surface area (Å²) in [6.07, 6.45) is 4.15. The van der Waals surface area contributed by atoms with Crippen LogP contribution in [0.3, 0.4) is 0 Å². The first-order valence-electron chi connectivity index (χ1n) is 5.54. The smallest absolute Gasteiger partial charge is 0.161 e. The average molecular weight is 218 g/mol. The second-order valence-electron chi connectivity index (χ2n) is 4.97. The van der Waals surface area contributed by atoms with Gasteiger partial charge in [0.05, 0.1) is 34.1 Å². The summed E-state index contributed by atoms with van der Waals surface area (Å²) >= 11 is 0. The first-order valence-corrected chi connectivity index (χ1v) is 5.54. The van der Waals surface area contributed by atoms with E-state index in [1.54, 1.807) is 6.08 Å². The van der Waals surface area contributed by atoms with Gasteiger partial charge in [-0.05, 0) is 11.6 Å². The van der Waals surface area contributed by atoms with E-state index in [1.807, 2.05) is 36.4 Å². The molecule has 16 heavy (non-hydrogen) atoms. The zero-order valence-electron chi connectivity index (χ0n) is 10.3. The fourth-order valence-corrected chi connectivity index (χ4v) is 1.28. The van der Waals surface area contributed by atoms with Crippen molar-refractivity contribution < 1.29 is 9.28 Å². The van der Waals surface area contributed by atoms with Gasteiger partial charge in [-0.2, -0.15) is 0 Å². The van der Waals surface area contributed by atoms with Gasteiger partial charge in [-0.1, -0.05) is 36.4 Å². The molecule has 0 spiro atoms. The highest BCUT2D eigenvalue weighted by atomic mass is 16.1. The van der Waals surface area contributed by atoms with Crippen LogP contribution >= 0.6 is 0 Å². The molecule has 0 amide bonds. The predicted molar refractivity (Wildman–Crippen MR) is 68.0 cm³/mol. The molecular formula is C14H20NO+. The quantitative estimate of drug-likeness (QED) is 0.548. The number of hydrogen-bond acceptors (Lipinski definition) is 1. The summed E-state index contributed by atoms with van der Waals surface area (Å²) in [5.74, 6) is 0.192. The van der Waals surface area contributed by atoms with Crippen LogP contribution in [0.15, 0.2) is 36.4 Å². The van der Waals surface area contributed by atoms with Crippen LogP contribution in [0, 0.1) is 0 Å². The van der Waals surface area contributed by atoms with Crippen molar-refractivity contribution in [1.29, 1.82) is 0 Å². The Morgan fingerprint density at radius 1 is 1.19 bits per heavy atom. The van der Waals surface area contributed by atoms with Gasteiger partial charge in [0.25, 0.3) is 0 Å². The van der Waals surface area contributed by atoms with Gasteiger partial charge in [-0.15, -0.1) is 0 Å². The first kappa shape index (κ1) is 12.7. The van der Waals surface area contributed by atoms with Crippen molar-refractivity contribution in [3.8, 4) is 0 Å². The largest absolute Gasteiger partial charge is 0.331 e. The van der Waals surface area contributed by atoms with Crippen molar-refractivity contribution in [1.82, 2.24) is 0 Å². The SMILES string of the molecule is C[N+](C)(C)CCC(=O)C=Cc1ccccc1. The van der Waals surface area contributed by atoms with Gasteiger partial charge in [0.1, 0.15) is 0 Å². The Kier molecular flexibility index (Phi) is 4.44. The Bertz CT molecular complexity index is 360. The summed E-state index contributed by atoms with van der Waals surface area (Å²) in [7, 11) is 6.27. The third kappa shape index (κ3) is 5.47. The number of ketones is 1. The summed E-state index contributed by atoms with van der Waals surface area (Å²) in [6.45, 7) is 0.873. The van der Waals surface area contributed by atoms with E-state index in [9.17, 15) is 4.79 Å². The molecule has 0 aliphatic heterocycles. The molecule has 0 saturated heterocycles. The first-order chi connectivity index (χ1) is 7.47. The van der Waals surface area contributed by atoms with Crippen molar-refractivity contribution in [2.75, 3.05) is 27.7 Å². The Morgan fingerprint density at radius 2 is 1.81 bits per heavy atom. The lowest BCUT2D eigenvalue weighted by Gasteiger charge is -2.22. The van der Waals surface area contributed by atoms with Crippen molar-refractivity contribution in [3.05, 3.63) is 42.0 Å². The van der Waals surface area contributed by atoms with Crippen LogP contribution in [0.4, 0.5) is 0 Å². The van der Waals surface area contributed by atoms with E-state index in [2.05, 4.69) is 21.1 Å². The van der Waals surface area contributed by atoms with Crippen molar-refractivity contribution >= 4 is 11.9 Å². The maximum absolute atomic E-state index is 11.6. The fraction of sp³-hybridized carbons (Fsp3) is 0.357. The normalized spacial score (nSPS) is 11.9. The zero-order chi connectivity index (χ0) is 12.0. The monoisotopic (exact) mass is 218 g/mol. The lowest BCUT2D eigenvalue weighted by atomic mass is 10.1. The van der Waals surface area contributed by atoms with Gasteiger partial charge in [0.2, 0.25) is 0 Å². The number of allylic oxidation sites excluding steroid dienone is 1. The molecule has 0 aromatic heterocycles. The Morgan fingerprint density at radius 3 is 2.38 bits per heavy atom. The molecule has 0 atom stereocenters. The van der Waals surface area contributed by atoms with Crippen molar-refractivity contribution in [2.45, 2.75) is 6.42 Å². The molecule has 0 aliphatic carbocycles. The highest BCUT2D eigenvalue weighted by Crippen LogP contribution is 2.02. The number of hydrogen-bond donors (Lipinski definition) is 0. The minimum absolute atomic E-state index is 0.192. The van der Waals surface area contributed by atoms with Crippen LogP contribution in [0.25, 0.3) is 6.08 Å². The molecule has 1 rings (SSSR count). The van der Waals surface area contributed by atoms with Crippen LogP contribution in [-0.2, 0) is 4.79 Å². The van der Waals surface area contributed by atoms with E-state index >= 15 is 0 Å². The number of benzene rings is 1. The second-order valence-corrected chi connectivity index (χ2v) is 4.97. The third-order valence-corrected chi connectivity index (χ3v) is 2.29. The van der Waals surface area contributed by atoms with Crippen LogP contribution in [0.2, 0.25) is 0 Å². The number of quaternary nitrogens is 1. The van der Waals surface area contributed by atoms with Gasteiger partial charge < -0.3 is 4.48 Å². The Labute approximate surface area is 97.8 Å². The van der Waals surface area contributed by atoms with Gasteiger partial charge >= 0.3 is 0 Å². The molecule has 0 bridgehead atoms. The van der Waals surface area contributed by atoms with Gasteiger partial charge in [0.15, 0.2) is 5.78 Å². The van der Waals surface area contributed by atoms with E-state index in [0.29, 0.717) is 6.42 Å². The number of rotatable bonds is 5. The third-order valence-electron chi connectivity index (χ3n) is 2.29. The zero-order valence-corrected chi connectivity index (χ0v) is 10.3. The van der Waals surface area contributed by atoms with E-state index < -0.39 is 0 Å². The molecule has 0 saturated carbocycles. The van der Waals surface area contributed by atoms with Gasteiger partial charge in [0, 0.05) is 0 Å². The predicted octanol–water partition coefficient (Wildman–Crippen LogP) is 2.37. The molecule has 86 valence electrons. The summed E-state index contributed by atoms with van der Waals surface area (Å²) < 4.78 is 0.824. The highest BCUT2D eigenvalue weighted by Gasteiger charge is 2.08. The van der Waals surface area contributed by atoms with Crippen LogP contribution < -0.4 is 0 Å². The minimum Gasteiger partial charge on any atom is -0.331 e. The molecular weight excluding hydrogens is 198 g/mol. The highest BCUT2D eigenvalue weighted by molar-refractivity contribution is 5.93. The summed E-state index contributed by atoms with van der Waals surface area (Å²) in [6, 6.07) is 9.88. The van der Waals surface area contributed by atoms with E-state index in [0.717, 1.165) is 16.6 Å². The Balaban J connectivity index is 2.43. The summed E-state index contributed by atoms with van der Waals surface area (Å²) in [4.78, 5) is 11.6. The minimum atomic E-state index is 0.192. The van der Waals surface area contributed by atoms with Crippen molar-refractivity contribution in [2.24, 2.45) is 0 Å². The Hall–Kier alpha value is -1.41. The second kappa shape index (κ2) is 5.61. The molecule has 1 aromatic carbocycles. The average Bonchev–Trinajstić information content (AvgIpc) is 2.24. The fourth-order valence-electron chi connectivity index (χ4n) is 1.28.